The highest BCUT2D eigenvalue weighted by Crippen LogP contribution is 2.31. The maximum absolute atomic E-state index is 12.6. The van der Waals surface area contributed by atoms with Gasteiger partial charge in [-0.25, -0.2) is 13.4 Å². The van der Waals surface area contributed by atoms with E-state index < -0.39 is 10.0 Å². The molecule has 0 unspecified atom stereocenters. The summed E-state index contributed by atoms with van der Waals surface area (Å²) in [5.74, 6) is 0.792. The molecule has 7 heteroatoms. The smallest absolute Gasteiger partial charge is 0.244 e. The van der Waals surface area contributed by atoms with Gasteiger partial charge < -0.3 is 9.64 Å². The summed E-state index contributed by atoms with van der Waals surface area (Å²) in [4.78, 5) is 6.88. The first-order chi connectivity index (χ1) is 11.1. The Morgan fingerprint density at radius 1 is 1.04 bits per heavy atom. The minimum Gasteiger partial charge on any atom is -0.366 e. The van der Waals surface area contributed by atoms with Crippen molar-refractivity contribution in [2.75, 3.05) is 31.1 Å². The summed E-state index contributed by atoms with van der Waals surface area (Å²) in [7, 11) is -3.40. The SMILES string of the molecule is CC1(C)CN(c2ccc(S(=O)(=O)N3CCCC3)cn2)CC(C)(C)O1. The molecule has 1 aromatic heterocycles. The molecule has 3 rings (SSSR count). The number of ether oxygens (including phenoxy) is 1. The van der Waals surface area contributed by atoms with Crippen LogP contribution in [-0.4, -0.2) is 55.1 Å². The minimum absolute atomic E-state index is 0.274. The van der Waals surface area contributed by atoms with Gasteiger partial charge in [0.05, 0.1) is 11.2 Å². The lowest BCUT2D eigenvalue weighted by Gasteiger charge is -2.47. The maximum atomic E-state index is 12.6. The van der Waals surface area contributed by atoms with Gasteiger partial charge >= 0.3 is 0 Å². The molecule has 0 radical (unpaired) electrons. The molecule has 2 saturated heterocycles. The molecule has 0 spiro atoms. The second kappa shape index (κ2) is 5.97. The van der Waals surface area contributed by atoms with Crippen LogP contribution in [0.5, 0.6) is 0 Å². The molecule has 6 nitrogen and oxygen atoms in total. The fourth-order valence-corrected chi connectivity index (χ4v) is 5.20. The van der Waals surface area contributed by atoms with Crippen LogP contribution in [-0.2, 0) is 14.8 Å². The van der Waals surface area contributed by atoms with Crippen LogP contribution in [0, 0.1) is 0 Å². The number of pyridine rings is 1. The molecule has 0 aliphatic carbocycles. The Hall–Kier alpha value is -1.18. The van der Waals surface area contributed by atoms with Crippen molar-refractivity contribution in [3.8, 4) is 0 Å². The summed E-state index contributed by atoms with van der Waals surface area (Å²) in [5.41, 5.74) is -0.548. The summed E-state index contributed by atoms with van der Waals surface area (Å²) < 4.78 is 32.8. The van der Waals surface area contributed by atoms with E-state index in [0.717, 1.165) is 31.7 Å². The van der Waals surface area contributed by atoms with Gasteiger partial charge in [0.15, 0.2) is 0 Å². The van der Waals surface area contributed by atoms with Crippen molar-refractivity contribution in [2.45, 2.75) is 56.6 Å². The van der Waals surface area contributed by atoms with E-state index in [4.69, 9.17) is 4.74 Å². The van der Waals surface area contributed by atoms with Crippen LogP contribution in [0.4, 0.5) is 5.82 Å². The van der Waals surface area contributed by atoms with Crippen LogP contribution in [0.1, 0.15) is 40.5 Å². The number of hydrogen-bond donors (Lipinski definition) is 0. The highest BCUT2D eigenvalue weighted by Gasteiger charge is 2.38. The average molecular weight is 353 g/mol. The zero-order valence-electron chi connectivity index (χ0n) is 14.9. The first-order valence-electron chi connectivity index (χ1n) is 8.51. The predicted octanol–water partition coefficient (Wildman–Crippen LogP) is 2.26. The quantitative estimate of drug-likeness (QED) is 0.834. The van der Waals surface area contributed by atoms with Gasteiger partial charge in [-0.3, -0.25) is 0 Å². The average Bonchev–Trinajstić information content (AvgIpc) is 2.99. The van der Waals surface area contributed by atoms with Gasteiger partial charge in [-0.15, -0.1) is 0 Å². The summed E-state index contributed by atoms with van der Waals surface area (Å²) >= 11 is 0. The summed E-state index contributed by atoms with van der Waals surface area (Å²) in [5, 5.41) is 0. The van der Waals surface area contributed by atoms with E-state index in [0.29, 0.717) is 13.1 Å². The van der Waals surface area contributed by atoms with Crippen molar-refractivity contribution in [3.63, 3.8) is 0 Å². The van der Waals surface area contributed by atoms with Crippen LogP contribution in [0.25, 0.3) is 0 Å². The molecule has 134 valence electrons. The van der Waals surface area contributed by atoms with Gasteiger partial charge in [0.25, 0.3) is 0 Å². The number of morpholine rings is 1. The molecule has 0 saturated carbocycles. The van der Waals surface area contributed by atoms with E-state index in [9.17, 15) is 8.42 Å². The Morgan fingerprint density at radius 3 is 2.12 bits per heavy atom. The van der Waals surface area contributed by atoms with E-state index in [1.807, 2.05) is 0 Å². The number of rotatable bonds is 3. The Labute approximate surface area is 144 Å². The Morgan fingerprint density at radius 2 is 1.62 bits per heavy atom. The fourth-order valence-electron chi connectivity index (χ4n) is 3.74. The van der Waals surface area contributed by atoms with Gasteiger partial charge in [0.2, 0.25) is 10.0 Å². The van der Waals surface area contributed by atoms with Gasteiger partial charge in [0.1, 0.15) is 10.7 Å². The Bertz CT molecular complexity index is 676. The van der Waals surface area contributed by atoms with Crippen molar-refractivity contribution in [3.05, 3.63) is 18.3 Å². The minimum atomic E-state index is -3.40. The lowest BCUT2D eigenvalue weighted by atomic mass is 9.99. The van der Waals surface area contributed by atoms with E-state index in [1.54, 1.807) is 16.4 Å². The predicted molar refractivity (Wildman–Crippen MR) is 93.7 cm³/mol. The highest BCUT2D eigenvalue weighted by molar-refractivity contribution is 7.89. The molecule has 2 aliphatic heterocycles. The zero-order chi connectivity index (χ0) is 17.6. The van der Waals surface area contributed by atoms with Crippen LogP contribution in [0.3, 0.4) is 0 Å². The third-order valence-corrected chi connectivity index (χ3v) is 6.33. The van der Waals surface area contributed by atoms with E-state index in [-0.39, 0.29) is 16.1 Å². The molecule has 3 heterocycles. The second-order valence-electron chi connectivity index (χ2n) is 7.94. The second-order valence-corrected chi connectivity index (χ2v) is 9.88. The molecule has 0 N–H and O–H groups in total. The largest absolute Gasteiger partial charge is 0.366 e. The lowest BCUT2D eigenvalue weighted by molar-refractivity contribution is -0.133. The number of aromatic nitrogens is 1. The molecule has 2 aliphatic rings. The normalized spacial score (nSPS) is 24.2. The van der Waals surface area contributed by atoms with Crippen molar-refractivity contribution >= 4 is 15.8 Å². The van der Waals surface area contributed by atoms with Crippen molar-refractivity contribution < 1.29 is 13.2 Å². The van der Waals surface area contributed by atoms with Crippen molar-refractivity contribution in [2.24, 2.45) is 0 Å². The molecule has 2 fully saturated rings. The maximum Gasteiger partial charge on any atom is 0.244 e. The van der Waals surface area contributed by atoms with E-state index >= 15 is 0 Å². The summed E-state index contributed by atoms with van der Waals surface area (Å²) in [6.07, 6.45) is 3.35. The fraction of sp³-hybridized carbons (Fsp3) is 0.706. The molecule has 0 amide bonds. The van der Waals surface area contributed by atoms with Crippen LogP contribution in [0.15, 0.2) is 23.2 Å². The number of sulfonamides is 1. The monoisotopic (exact) mass is 353 g/mol. The Balaban J connectivity index is 1.82. The van der Waals surface area contributed by atoms with Crippen LogP contribution >= 0.6 is 0 Å². The van der Waals surface area contributed by atoms with Crippen LogP contribution in [0.2, 0.25) is 0 Å². The van der Waals surface area contributed by atoms with E-state index in [2.05, 4.69) is 37.6 Å². The van der Waals surface area contributed by atoms with Gasteiger partial charge in [-0.2, -0.15) is 4.31 Å². The number of nitrogens with zero attached hydrogens (tertiary/aromatic N) is 3. The van der Waals surface area contributed by atoms with Crippen molar-refractivity contribution in [1.29, 1.82) is 0 Å². The van der Waals surface area contributed by atoms with Gasteiger partial charge in [-0.05, 0) is 52.7 Å². The number of anilines is 1. The molecule has 1 aromatic rings. The molecule has 0 aromatic carbocycles. The van der Waals surface area contributed by atoms with E-state index in [1.165, 1.54) is 6.20 Å². The zero-order valence-corrected chi connectivity index (χ0v) is 15.8. The highest BCUT2D eigenvalue weighted by atomic mass is 32.2. The first kappa shape index (κ1) is 17.6. The molecular formula is C17H27N3O3S. The van der Waals surface area contributed by atoms with Gasteiger partial charge in [-0.1, -0.05) is 0 Å². The lowest BCUT2D eigenvalue weighted by Crippen LogP contribution is -2.57. The Kier molecular flexibility index (Phi) is 4.38. The molecular weight excluding hydrogens is 326 g/mol. The van der Waals surface area contributed by atoms with Crippen molar-refractivity contribution in [1.82, 2.24) is 9.29 Å². The molecule has 0 atom stereocenters. The molecule has 24 heavy (non-hydrogen) atoms. The standard InChI is InChI=1S/C17H27N3O3S/c1-16(2)12-19(13-17(3,4)23-16)15-8-7-14(11-18-15)24(21,22)20-9-5-6-10-20/h7-8,11H,5-6,9-10,12-13H2,1-4H3. The summed E-state index contributed by atoms with van der Waals surface area (Å²) in [6.45, 7) is 10.9. The topological polar surface area (TPSA) is 62.7 Å². The van der Waals surface area contributed by atoms with Crippen LogP contribution < -0.4 is 4.90 Å². The third kappa shape index (κ3) is 3.58. The third-order valence-electron chi connectivity index (χ3n) is 4.44. The van der Waals surface area contributed by atoms with Gasteiger partial charge in [0, 0.05) is 32.4 Å². The first-order valence-corrected chi connectivity index (χ1v) is 9.95. The number of hydrogen-bond acceptors (Lipinski definition) is 5. The summed E-state index contributed by atoms with van der Waals surface area (Å²) in [6, 6.07) is 3.48. The molecule has 0 bridgehead atoms.